The molecule has 22 heavy (non-hydrogen) atoms. The molecule has 0 saturated heterocycles. The third-order valence-electron chi connectivity index (χ3n) is 5.20. The van der Waals surface area contributed by atoms with Crippen LogP contribution in [0.2, 0.25) is 0 Å². The highest BCUT2D eigenvalue weighted by atomic mass is 32.1. The Morgan fingerprint density at radius 3 is 2.64 bits per heavy atom. The van der Waals surface area contributed by atoms with Gasteiger partial charge in [-0.3, -0.25) is 0 Å². The molecule has 0 amide bonds. The fourth-order valence-electron chi connectivity index (χ4n) is 3.95. The van der Waals surface area contributed by atoms with E-state index in [0.29, 0.717) is 12.0 Å². The molecule has 2 aromatic rings. The second kappa shape index (κ2) is 5.14. The molecule has 1 nitrogen and oxygen atoms in total. The summed E-state index contributed by atoms with van der Waals surface area (Å²) in [5.74, 6) is 1.35. The molecule has 0 N–H and O–H groups in total. The first kappa shape index (κ1) is 14.3. The van der Waals surface area contributed by atoms with Crippen molar-refractivity contribution in [2.45, 2.75) is 43.3 Å². The molecule has 2 heteroatoms. The normalized spacial score (nSPS) is 27.0. The summed E-state index contributed by atoms with van der Waals surface area (Å²) >= 11 is 4.68. The van der Waals surface area contributed by atoms with E-state index in [9.17, 15) is 0 Å². The highest BCUT2D eigenvalue weighted by molar-refractivity contribution is 7.80. The molecule has 0 spiro atoms. The van der Waals surface area contributed by atoms with Gasteiger partial charge in [0.25, 0.3) is 0 Å². The molecule has 2 aromatic carbocycles. The highest BCUT2D eigenvalue weighted by Gasteiger charge is 2.39. The minimum atomic E-state index is -0.287. The first-order chi connectivity index (χ1) is 10.5. The van der Waals surface area contributed by atoms with Crippen LogP contribution in [0.1, 0.15) is 32.3 Å². The van der Waals surface area contributed by atoms with E-state index in [2.05, 4.69) is 75.0 Å². The van der Waals surface area contributed by atoms with Crippen LogP contribution in [-0.2, 0) is 10.3 Å². The van der Waals surface area contributed by atoms with Gasteiger partial charge < -0.3 is 4.74 Å². The van der Waals surface area contributed by atoms with Crippen molar-refractivity contribution in [2.75, 3.05) is 0 Å². The average Bonchev–Trinajstić information content (AvgIpc) is 3.09. The lowest BCUT2D eigenvalue weighted by atomic mass is 9.94. The van der Waals surface area contributed by atoms with Crippen LogP contribution in [0.3, 0.4) is 0 Å². The smallest absolute Gasteiger partial charge is 0.0879 e. The van der Waals surface area contributed by atoms with E-state index in [1.54, 1.807) is 0 Å². The predicted molar refractivity (Wildman–Crippen MR) is 94.5 cm³/mol. The molecular formula is C20H22OS. The van der Waals surface area contributed by atoms with E-state index < -0.39 is 0 Å². The lowest BCUT2D eigenvalue weighted by molar-refractivity contribution is -0.0859. The van der Waals surface area contributed by atoms with Crippen molar-refractivity contribution in [2.24, 2.45) is 11.8 Å². The van der Waals surface area contributed by atoms with Crippen LogP contribution >= 0.6 is 12.6 Å². The van der Waals surface area contributed by atoms with Crippen LogP contribution < -0.4 is 0 Å². The van der Waals surface area contributed by atoms with Crippen LogP contribution in [0.5, 0.6) is 0 Å². The van der Waals surface area contributed by atoms with E-state index >= 15 is 0 Å². The average molecular weight is 310 g/mol. The van der Waals surface area contributed by atoms with E-state index in [1.165, 1.54) is 29.2 Å². The van der Waals surface area contributed by atoms with Gasteiger partial charge in [-0.15, -0.1) is 12.6 Å². The fraction of sp³-hybridized carbons (Fsp3) is 0.400. The van der Waals surface area contributed by atoms with Crippen LogP contribution in [0.25, 0.3) is 10.8 Å². The monoisotopic (exact) mass is 310 g/mol. The fourth-order valence-corrected chi connectivity index (χ4v) is 4.29. The van der Waals surface area contributed by atoms with Crippen molar-refractivity contribution in [3.8, 4) is 0 Å². The van der Waals surface area contributed by atoms with Crippen molar-refractivity contribution < 1.29 is 4.74 Å². The zero-order chi connectivity index (χ0) is 15.3. The molecule has 0 heterocycles. The maximum absolute atomic E-state index is 6.54. The summed E-state index contributed by atoms with van der Waals surface area (Å²) in [6.45, 7) is 4.36. The number of allylic oxidation sites excluding steroid dienone is 1. The van der Waals surface area contributed by atoms with E-state index in [-0.39, 0.29) is 5.60 Å². The van der Waals surface area contributed by atoms with Crippen LogP contribution in [0.4, 0.5) is 0 Å². The zero-order valence-electron chi connectivity index (χ0n) is 13.1. The van der Waals surface area contributed by atoms with E-state index in [4.69, 9.17) is 4.74 Å². The van der Waals surface area contributed by atoms with E-state index in [0.717, 1.165) is 10.8 Å². The van der Waals surface area contributed by atoms with Gasteiger partial charge in [-0.2, -0.15) is 0 Å². The lowest BCUT2D eigenvalue weighted by Gasteiger charge is -2.33. The number of rotatable bonds is 3. The first-order valence-electron chi connectivity index (χ1n) is 8.11. The van der Waals surface area contributed by atoms with Gasteiger partial charge in [0.15, 0.2) is 0 Å². The van der Waals surface area contributed by atoms with Crippen LogP contribution in [-0.4, -0.2) is 6.10 Å². The Balaban J connectivity index is 1.66. The summed E-state index contributed by atoms with van der Waals surface area (Å²) in [5.41, 5.74) is 0.924. The Morgan fingerprint density at radius 1 is 1.09 bits per heavy atom. The number of benzene rings is 2. The molecule has 1 fully saturated rings. The maximum atomic E-state index is 6.54. The Morgan fingerprint density at radius 2 is 1.91 bits per heavy atom. The Hall–Kier alpha value is -1.25. The summed E-state index contributed by atoms with van der Waals surface area (Å²) in [5, 5.41) is 2.43. The second-order valence-electron chi connectivity index (χ2n) is 7.16. The van der Waals surface area contributed by atoms with Crippen molar-refractivity contribution in [3.63, 3.8) is 0 Å². The van der Waals surface area contributed by atoms with Crippen molar-refractivity contribution in [1.29, 1.82) is 0 Å². The van der Waals surface area contributed by atoms with Crippen molar-refractivity contribution in [1.82, 2.24) is 0 Å². The Labute approximate surface area is 137 Å². The molecule has 114 valence electrons. The topological polar surface area (TPSA) is 9.23 Å². The molecule has 0 aromatic heterocycles. The third kappa shape index (κ3) is 2.39. The molecule has 4 rings (SSSR count). The zero-order valence-corrected chi connectivity index (χ0v) is 14.0. The van der Waals surface area contributed by atoms with Crippen LogP contribution in [0.15, 0.2) is 53.4 Å². The summed E-state index contributed by atoms with van der Waals surface area (Å²) < 4.78 is 6.54. The molecule has 0 aliphatic heterocycles. The van der Waals surface area contributed by atoms with Gasteiger partial charge in [-0.1, -0.05) is 36.4 Å². The predicted octanol–water partition coefficient (Wildman–Crippen LogP) is 5.34. The molecule has 2 aliphatic carbocycles. The second-order valence-corrected chi connectivity index (χ2v) is 7.65. The summed E-state index contributed by atoms with van der Waals surface area (Å²) in [4.78, 5) is 1.03. The molecule has 1 saturated carbocycles. The van der Waals surface area contributed by atoms with Gasteiger partial charge in [0.05, 0.1) is 11.7 Å². The van der Waals surface area contributed by atoms with Crippen LogP contribution in [0, 0.1) is 11.8 Å². The lowest BCUT2D eigenvalue weighted by Crippen LogP contribution is -2.31. The van der Waals surface area contributed by atoms with Gasteiger partial charge in [0.2, 0.25) is 0 Å². The SMILES string of the molecule is CC(C)(OC1CC2C=CC1C2)c1cc(S)c2ccccc2c1. The van der Waals surface area contributed by atoms with Gasteiger partial charge in [0, 0.05) is 10.8 Å². The summed E-state index contributed by atoms with van der Waals surface area (Å²) in [7, 11) is 0. The number of hydrogen-bond donors (Lipinski definition) is 1. The quantitative estimate of drug-likeness (QED) is 0.594. The molecule has 3 atom stereocenters. The van der Waals surface area contributed by atoms with Gasteiger partial charge in [-0.05, 0) is 61.1 Å². The Bertz CT molecular complexity index is 746. The molecule has 0 radical (unpaired) electrons. The molecule has 2 bridgehead atoms. The van der Waals surface area contributed by atoms with Crippen molar-refractivity contribution >= 4 is 23.4 Å². The van der Waals surface area contributed by atoms with Gasteiger partial charge in [-0.25, -0.2) is 0 Å². The molecule has 3 unspecified atom stereocenters. The van der Waals surface area contributed by atoms with E-state index in [1.807, 2.05) is 0 Å². The molecular weight excluding hydrogens is 288 g/mol. The third-order valence-corrected chi connectivity index (χ3v) is 5.57. The number of thiol groups is 1. The van der Waals surface area contributed by atoms with Gasteiger partial charge in [0.1, 0.15) is 0 Å². The van der Waals surface area contributed by atoms with Crippen molar-refractivity contribution in [3.05, 3.63) is 54.1 Å². The Kier molecular flexibility index (Phi) is 3.35. The maximum Gasteiger partial charge on any atom is 0.0879 e. The number of fused-ring (bicyclic) bond motifs is 3. The highest BCUT2D eigenvalue weighted by Crippen LogP contribution is 2.44. The molecule has 2 aliphatic rings. The standard InChI is InChI=1S/C20H22OS/c1-20(2,21-18-10-13-7-8-15(18)9-13)16-11-14-5-3-4-6-17(14)19(22)12-16/h3-8,11-13,15,18,22H,9-10H2,1-2H3. The minimum Gasteiger partial charge on any atom is -0.367 e. The minimum absolute atomic E-state index is 0.287. The van der Waals surface area contributed by atoms with Gasteiger partial charge >= 0.3 is 0 Å². The largest absolute Gasteiger partial charge is 0.367 e. The number of ether oxygens (including phenoxy) is 1. The number of hydrogen-bond acceptors (Lipinski definition) is 2. The first-order valence-corrected chi connectivity index (χ1v) is 8.56. The summed E-state index contributed by atoms with van der Waals surface area (Å²) in [6.07, 6.45) is 7.51. The summed E-state index contributed by atoms with van der Waals surface area (Å²) in [6, 6.07) is 12.8.